The molecule has 1 aliphatic carbocycles. The van der Waals surface area contributed by atoms with Crippen molar-refractivity contribution in [1.82, 2.24) is 4.90 Å². The molecular formula is C22H26ClN3O. The lowest BCUT2D eigenvalue weighted by atomic mass is 9.64. The highest BCUT2D eigenvalue weighted by atomic mass is 35.5. The maximum absolute atomic E-state index is 13.1. The van der Waals surface area contributed by atoms with Gasteiger partial charge in [0.1, 0.15) is 0 Å². The van der Waals surface area contributed by atoms with E-state index in [4.69, 9.17) is 11.6 Å². The second-order valence-electron chi connectivity index (χ2n) is 7.74. The molecule has 0 bridgehead atoms. The molecule has 2 aliphatic rings. The highest BCUT2D eigenvalue weighted by Crippen LogP contribution is 2.45. The highest BCUT2D eigenvalue weighted by Gasteiger charge is 2.45. The second kappa shape index (κ2) is 7.53. The molecule has 0 spiro atoms. The van der Waals surface area contributed by atoms with Gasteiger partial charge in [0, 0.05) is 42.6 Å². The number of nitrogens with zero attached hydrogens (tertiary/aromatic N) is 2. The lowest BCUT2D eigenvalue weighted by molar-refractivity contribution is -0.124. The number of hydrogen-bond donors (Lipinski definition) is 1. The van der Waals surface area contributed by atoms with Gasteiger partial charge in [0.05, 0.1) is 5.41 Å². The van der Waals surface area contributed by atoms with Crippen LogP contribution in [-0.4, -0.2) is 44.0 Å². The van der Waals surface area contributed by atoms with Crippen LogP contribution in [0.25, 0.3) is 0 Å². The number of nitrogens with one attached hydrogen (secondary N) is 1. The Hall–Kier alpha value is -2.04. The van der Waals surface area contributed by atoms with Crippen molar-refractivity contribution < 1.29 is 4.79 Å². The Morgan fingerprint density at radius 2 is 1.74 bits per heavy atom. The summed E-state index contributed by atoms with van der Waals surface area (Å²) in [5.74, 6) is 0.0726. The number of carbonyl (C=O) groups excluding carboxylic acids is 1. The maximum atomic E-state index is 13.1. The molecule has 2 fully saturated rings. The van der Waals surface area contributed by atoms with Gasteiger partial charge in [0.2, 0.25) is 5.91 Å². The van der Waals surface area contributed by atoms with Gasteiger partial charge in [-0.05, 0) is 61.9 Å². The molecular weight excluding hydrogens is 358 g/mol. The predicted octanol–water partition coefficient (Wildman–Crippen LogP) is 4.15. The molecule has 1 amide bonds. The SMILES string of the molecule is CN1CCN(c2ccc(NC(=O)C3(c4cccc(Cl)c4)CCC3)cc2)CC1. The van der Waals surface area contributed by atoms with E-state index in [0.717, 1.165) is 56.7 Å². The van der Waals surface area contributed by atoms with Crippen molar-refractivity contribution in [2.45, 2.75) is 24.7 Å². The Morgan fingerprint density at radius 1 is 1.04 bits per heavy atom. The molecule has 1 saturated carbocycles. The van der Waals surface area contributed by atoms with E-state index in [1.807, 2.05) is 36.4 Å². The van der Waals surface area contributed by atoms with Gasteiger partial charge >= 0.3 is 0 Å². The fourth-order valence-electron chi connectivity index (χ4n) is 4.03. The summed E-state index contributed by atoms with van der Waals surface area (Å²) in [7, 11) is 2.16. The quantitative estimate of drug-likeness (QED) is 0.861. The van der Waals surface area contributed by atoms with Gasteiger partial charge in [-0.25, -0.2) is 0 Å². The number of halogens is 1. The minimum Gasteiger partial charge on any atom is -0.369 e. The van der Waals surface area contributed by atoms with E-state index in [1.165, 1.54) is 5.69 Å². The molecule has 1 N–H and O–H groups in total. The number of amides is 1. The molecule has 1 heterocycles. The van der Waals surface area contributed by atoms with Crippen LogP contribution in [0.3, 0.4) is 0 Å². The Kier molecular flexibility index (Phi) is 5.11. The first-order chi connectivity index (χ1) is 13.1. The first-order valence-corrected chi connectivity index (χ1v) is 10.1. The van der Waals surface area contributed by atoms with Gasteiger partial charge in [0.25, 0.3) is 0 Å². The van der Waals surface area contributed by atoms with Crippen molar-refractivity contribution >= 4 is 28.9 Å². The zero-order chi connectivity index (χ0) is 18.9. The highest BCUT2D eigenvalue weighted by molar-refractivity contribution is 6.30. The first kappa shape index (κ1) is 18.3. The third-order valence-corrected chi connectivity index (χ3v) is 6.25. The monoisotopic (exact) mass is 383 g/mol. The molecule has 27 heavy (non-hydrogen) atoms. The molecule has 0 radical (unpaired) electrons. The summed E-state index contributed by atoms with van der Waals surface area (Å²) < 4.78 is 0. The second-order valence-corrected chi connectivity index (χ2v) is 8.17. The summed E-state index contributed by atoms with van der Waals surface area (Å²) >= 11 is 6.16. The van der Waals surface area contributed by atoms with Crippen LogP contribution in [0, 0.1) is 0 Å². The normalized spacial score (nSPS) is 19.4. The number of carbonyl (C=O) groups is 1. The van der Waals surface area contributed by atoms with E-state index >= 15 is 0 Å². The summed E-state index contributed by atoms with van der Waals surface area (Å²) in [5.41, 5.74) is 2.65. The van der Waals surface area contributed by atoms with Crippen LogP contribution in [0.1, 0.15) is 24.8 Å². The van der Waals surface area contributed by atoms with Crippen LogP contribution in [0.15, 0.2) is 48.5 Å². The Balaban J connectivity index is 1.46. The fraction of sp³-hybridized carbons (Fsp3) is 0.409. The van der Waals surface area contributed by atoms with Gasteiger partial charge in [0.15, 0.2) is 0 Å². The maximum Gasteiger partial charge on any atom is 0.235 e. The first-order valence-electron chi connectivity index (χ1n) is 9.68. The van der Waals surface area contributed by atoms with E-state index in [0.29, 0.717) is 5.02 Å². The van der Waals surface area contributed by atoms with Gasteiger partial charge in [-0.15, -0.1) is 0 Å². The molecule has 2 aromatic rings. The minimum atomic E-state index is -0.443. The van der Waals surface area contributed by atoms with Crippen LogP contribution in [0.5, 0.6) is 0 Å². The van der Waals surface area contributed by atoms with Gasteiger partial charge in [-0.2, -0.15) is 0 Å². The molecule has 5 heteroatoms. The number of benzene rings is 2. The number of rotatable bonds is 4. The van der Waals surface area contributed by atoms with Gasteiger partial charge in [-0.1, -0.05) is 30.2 Å². The minimum absolute atomic E-state index is 0.0726. The Labute approximate surface area is 166 Å². The van der Waals surface area contributed by atoms with Crippen molar-refractivity contribution in [3.8, 4) is 0 Å². The summed E-state index contributed by atoms with van der Waals surface area (Å²) in [4.78, 5) is 17.8. The lowest BCUT2D eigenvalue weighted by Gasteiger charge is -2.40. The van der Waals surface area contributed by atoms with E-state index in [1.54, 1.807) is 0 Å². The van der Waals surface area contributed by atoms with Crippen molar-refractivity contribution in [1.29, 1.82) is 0 Å². The summed E-state index contributed by atoms with van der Waals surface area (Å²) in [6, 6.07) is 16.0. The van der Waals surface area contributed by atoms with Crippen LogP contribution in [0.2, 0.25) is 5.02 Å². The molecule has 0 atom stereocenters. The average molecular weight is 384 g/mol. The Bertz CT molecular complexity index is 809. The number of piperazine rings is 1. The zero-order valence-corrected chi connectivity index (χ0v) is 16.5. The molecule has 0 aromatic heterocycles. The molecule has 1 aliphatic heterocycles. The van der Waals surface area contributed by atoms with E-state index in [9.17, 15) is 4.79 Å². The van der Waals surface area contributed by atoms with Crippen LogP contribution in [-0.2, 0) is 10.2 Å². The third kappa shape index (κ3) is 3.69. The van der Waals surface area contributed by atoms with E-state index < -0.39 is 5.41 Å². The predicted molar refractivity (Wildman–Crippen MR) is 112 cm³/mol. The van der Waals surface area contributed by atoms with Crippen molar-refractivity contribution in [3.05, 3.63) is 59.1 Å². The largest absolute Gasteiger partial charge is 0.369 e. The van der Waals surface area contributed by atoms with Gasteiger partial charge in [-0.3, -0.25) is 4.79 Å². The average Bonchev–Trinajstić information content (AvgIpc) is 2.62. The van der Waals surface area contributed by atoms with Gasteiger partial charge < -0.3 is 15.1 Å². The molecule has 2 aromatic carbocycles. The van der Waals surface area contributed by atoms with Crippen LogP contribution < -0.4 is 10.2 Å². The summed E-state index contributed by atoms with van der Waals surface area (Å²) in [6.07, 6.45) is 2.82. The standard InChI is InChI=1S/C22H26ClN3O/c1-25-12-14-26(15-13-25)20-8-6-19(7-9-20)24-21(27)22(10-3-11-22)17-4-2-5-18(23)16-17/h2,4-9,16H,3,10-15H2,1H3,(H,24,27). The van der Waals surface area contributed by atoms with Crippen molar-refractivity contribution in [3.63, 3.8) is 0 Å². The summed E-state index contributed by atoms with van der Waals surface area (Å²) in [6.45, 7) is 4.25. The van der Waals surface area contributed by atoms with E-state index in [2.05, 4.69) is 34.3 Å². The molecule has 4 rings (SSSR count). The lowest BCUT2D eigenvalue weighted by Crippen LogP contribution is -2.46. The van der Waals surface area contributed by atoms with Crippen molar-refractivity contribution in [2.75, 3.05) is 43.4 Å². The summed E-state index contributed by atoms with van der Waals surface area (Å²) in [5, 5.41) is 3.81. The van der Waals surface area contributed by atoms with Crippen LogP contribution >= 0.6 is 11.6 Å². The Morgan fingerprint density at radius 3 is 2.33 bits per heavy atom. The number of anilines is 2. The number of hydrogen-bond acceptors (Lipinski definition) is 3. The molecule has 0 unspecified atom stereocenters. The van der Waals surface area contributed by atoms with E-state index in [-0.39, 0.29) is 5.91 Å². The zero-order valence-electron chi connectivity index (χ0n) is 15.7. The topological polar surface area (TPSA) is 35.6 Å². The van der Waals surface area contributed by atoms with Crippen LogP contribution in [0.4, 0.5) is 11.4 Å². The fourth-order valence-corrected chi connectivity index (χ4v) is 4.22. The molecule has 142 valence electrons. The van der Waals surface area contributed by atoms with Crippen molar-refractivity contribution in [2.24, 2.45) is 0 Å². The number of likely N-dealkylation sites (N-methyl/N-ethyl adjacent to an activating group) is 1. The third-order valence-electron chi connectivity index (χ3n) is 6.01. The smallest absolute Gasteiger partial charge is 0.235 e. The molecule has 4 nitrogen and oxygen atoms in total. The molecule has 1 saturated heterocycles.